The molecule has 2 rings (SSSR count). The van der Waals surface area contributed by atoms with Crippen LogP contribution in [0.2, 0.25) is 5.02 Å². The lowest BCUT2D eigenvalue weighted by molar-refractivity contribution is 0.0601. The molecule has 0 radical (unpaired) electrons. The molecule has 0 saturated heterocycles. The van der Waals surface area contributed by atoms with Crippen molar-refractivity contribution in [1.82, 2.24) is 0 Å². The Balaban J connectivity index is 1.89. The Morgan fingerprint density at radius 1 is 1.12 bits per heavy atom. The number of anilines is 1. The molecule has 0 aliphatic carbocycles. The van der Waals surface area contributed by atoms with E-state index in [-0.39, 0.29) is 5.97 Å². The Hall–Kier alpha value is -2.20. The molecule has 2 aromatic rings. The predicted octanol–water partition coefficient (Wildman–Crippen LogP) is 4.93. The third kappa shape index (κ3) is 4.89. The van der Waals surface area contributed by atoms with Gasteiger partial charge in [0.15, 0.2) is 0 Å². The third-order valence-electron chi connectivity index (χ3n) is 3.98. The summed E-state index contributed by atoms with van der Waals surface area (Å²) in [5.74, 6) is 0.486. The molecular formula is C20H24ClNO3. The van der Waals surface area contributed by atoms with Gasteiger partial charge in [-0.25, -0.2) is 4.79 Å². The van der Waals surface area contributed by atoms with Crippen molar-refractivity contribution in [2.24, 2.45) is 0 Å². The number of hydrogen-bond donors (Lipinski definition) is 1. The van der Waals surface area contributed by atoms with Crippen LogP contribution in [-0.2, 0) is 4.74 Å². The number of halogens is 1. The van der Waals surface area contributed by atoms with Gasteiger partial charge in [-0.3, -0.25) is 0 Å². The second-order valence-electron chi connectivity index (χ2n) is 5.99. The van der Waals surface area contributed by atoms with Gasteiger partial charge in [0.1, 0.15) is 5.75 Å². The van der Waals surface area contributed by atoms with Crippen LogP contribution in [0.15, 0.2) is 30.3 Å². The van der Waals surface area contributed by atoms with Crippen molar-refractivity contribution >= 4 is 23.3 Å². The summed E-state index contributed by atoms with van der Waals surface area (Å²) in [6.07, 6.45) is 0.801. The largest absolute Gasteiger partial charge is 0.494 e. The number of para-hydroxylation sites is 1. The van der Waals surface area contributed by atoms with Gasteiger partial charge in [-0.1, -0.05) is 23.7 Å². The first-order chi connectivity index (χ1) is 11.9. The van der Waals surface area contributed by atoms with Gasteiger partial charge >= 0.3 is 5.97 Å². The number of ether oxygens (including phenoxy) is 2. The molecular weight excluding hydrogens is 338 g/mol. The number of nitrogens with one attached hydrogen (secondary N) is 1. The molecule has 0 atom stereocenters. The van der Waals surface area contributed by atoms with Gasteiger partial charge in [-0.2, -0.15) is 0 Å². The molecule has 0 amide bonds. The van der Waals surface area contributed by atoms with Gasteiger partial charge < -0.3 is 14.8 Å². The van der Waals surface area contributed by atoms with E-state index in [2.05, 4.69) is 5.32 Å². The van der Waals surface area contributed by atoms with Gasteiger partial charge in [-0.05, 0) is 62.1 Å². The summed E-state index contributed by atoms with van der Waals surface area (Å²) >= 11 is 6.17. The monoisotopic (exact) mass is 361 g/mol. The van der Waals surface area contributed by atoms with E-state index in [1.807, 2.05) is 45.0 Å². The first-order valence-electron chi connectivity index (χ1n) is 8.25. The van der Waals surface area contributed by atoms with E-state index in [1.165, 1.54) is 7.11 Å². The zero-order valence-corrected chi connectivity index (χ0v) is 15.9. The Morgan fingerprint density at radius 3 is 2.44 bits per heavy atom. The van der Waals surface area contributed by atoms with E-state index in [4.69, 9.17) is 21.1 Å². The van der Waals surface area contributed by atoms with Gasteiger partial charge in [0.2, 0.25) is 0 Å². The van der Waals surface area contributed by atoms with Crippen molar-refractivity contribution in [3.05, 3.63) is 57.6 Å². The van der Waals surface area contributed by atoms with Crippen LogP contribution in [0.1, 0.15) is 33.5 Å². The van der Waals surface area contributed by atoms with Crippen LogP contribution >= 0.6 is 11.6 Å². The highest BCUT2D eigenvalue weighted by atomic mass is 35.5. The number of carbonyl (C=O) groups excluding carboxylic acids is 1. The minimum absolute atomic E-state index is 0.338. The molecule has 0 aromatic heterocycles. The van der Waals surface area contributed by atoms with Crippen molar-refractivity contribution in [3.8, 4) is 5.75 Å². The number of carbonyl (C=O) groups is 1. The van der Waals surface area contributed by atoms with Crippen LogP contribution in [0.4, 0.5) is 5.69 Å². The van der Waals surface area contributed by atoms with Crippen LogP contribution < -0.4 is 10.1 Å². The minimum atomic E-state index is -0.338. The highest BCUT2D eigenvalue weighted by Crippen LogP contribution is 2.26. The zero-order valence-electron chi connectivity index (χ0n) is 15.1. The van der Waals surface area contributed by atoms with Crippen molar-refractivity contribution in [3.63, 3.8) is 0 Å². The summed E-state index contributed by atoms with van der Waals surface area (Å²) in [5, 5.41) is 4.09. The fraction of sp³-hybridized carbons (Fsp3) is 0.350. The lowest BCUT2D eigenvalue weighted by Crippen LogP contribution is -2.12. The number of methoxy groups -OCH3 is 1. The van der Waals surface area contributed by atoms with E-state index in [9.17, 15) is 4.79 Å². The molecule has 0 fully saturated rings. The smallest absolute Gasteiger partial charge is 0.339 e. The molecule has 0 spiro atoms. The first kappa shape index (κ1) is 19.1. The second kappa shape index (κ2) is 8.77. The quantitative estimate of drug-likeness (QED) is 0.561. The van der Waals surface area contributed by atoms with Gasteiger partial charge in [0, 0.05) is 11.6 Å². The summed E-state index contributed by atoms with van der Waals surface area (Å²) in [7, 11) is 1.39. The van der Waals surface area contributed by atoms with Crippen LogP contribution in [-0.4, -0.2) is 26.2 Å². The maximum absolute atomic E-state index is 11.9. The van der Waals surface area contributed by atoms with E-state index in [0.29, 0.717) is 18.7 Å². The van der Waals surface area contributed by atoms with Gasteiger partial charge in [0.05, 0.1) is 25.0 Å². The van der Waals surface area contributed by atoms with Crippen molar-refractivity contribution in [2.75, 3.05) is 25.6 Å². The molecule has 1 N–H and O–H groups in total. The maximum atomic E-state index is 11.9. The number of benzene rings is 2. The summed E-state index contributed by atoms with van der Waals surface area (Å²) in [6, 6.07) is 9.46. The van der Waals surface area contributed by atoms with Crippen LogP contribution in [0, 0.1) is 20.8 Å². The summed E-state index contributed by atoms with van der Waals surface area (Å²) < 4.78 is 10.6. The Bertz CT molecular complexity index is 736. The average Bonchev–Trinajstić information content (AvgIpc) is 2.59. The molecule has 5 heteroatoms. The average molecular weight is 362 g/mol. The SMILES string of the molecule is COC(=O)c1cccc(C)c1NCCCOc1cc(C)c(Cl)c(C)c1. The standard InChI is InChI=1S/C20H24ClNO3/c1-13-7-5-8-17(20(23)24-4)19(13)22-9-6-10-25-16-11-14(2)18(21)15(3)12-16/h5,7-8,11-12,22H,6,9-10H2,1-4H3. The molecule has 0 aliphatic heterocycles. The van der Waals surface area contributed by atoms with E-state index < -0.39 is 0 Å². The molecule has 0 bridgehead atoms. The lowest BCUT2D eigenvalue weighted by Gasteiger charge is -2.14. The van der Waals surface area contributed by atoms with Crippen molar-refractivity contribution in [1.29, 1.82) is 0 Å². The zero-order chi connectivity index (χ0) is 18.4. The number of hydrogen-bond acceptors (Lipinski definition) is 4. The number of aryl methyl sites for hydroxylation is 3. The predicted molar refractivity (Wildman–Crippen MR) is 102 cm³/mol. The molecule has 0 saturated carbocycles. The second-order valence-corrected chi connectivity index (χ2v) is 6.37. The van der Waals surface area contributed by atoms with Gasteiger partial charge in [-0.15, -0.1) is 0 Å². The highest BCUT2D eigenvalue weighted by molar-refractivity contribution is 6.32. The minimum Gasteiger partial charge on any atom is -0.494 e. The Labute approximate surface area is 154 Å². The Kier molecular flexibility index (Phi) is 6.71. The molecule has 2 aromatic carbocycles. The molecule has 134 valence electrons. The van der Waals surface area contributed by atoms with E-state index in [0.717, 1.165) is 39.6 Å². The normalized spacial score (nSPS) is 10.4. The Morgan fingerprint density at radius 2 is 1.80 bits per heavy atom. The molecule has 0 aliphatic rings. The fourth-order valence-corrected chi connectivity index (χ4v) is 2.76. The summed E-state index contributed by atoms with van der Waals surface area (Å²) in [4.78, 5) is 11.9. The molecule has 0 heterocycles. The number of rotatable bonds is 7. The van der Waals surface area contributed by atoms with Crippen LogP contribution in [0.3, 0.4) is 0 Å². The number of esters is 1. The highest BCUT2D eigenvalue weighted by Gasteiger charge is 2.13. The third-order valence-corrected chi connectivity index (χ3v) is 4.58. The van der Waals surface area contributed by atoms with E-state index >= 15 is 0 Å². The van der Waals surface area contributed by atoms with Crippen molar-refractivity contribution in [2.45, 2.75) is 27.2 Å². The van der Waals surface area contributed by atoms with Crippen LogP contribution in [0.25, 0.3) is 0 Å². The van der Waals surface area contributed by atoms with Crippen LogP contribution in [0.5, 0.6) is 5.75 Å². The molecule has 4 nitrogen and oxygen atoms in total. The lowest BCUT2D eigenvalue weighted by atomic mass is 10.1. The molecule has 0 unspecified atom stereocenters. The maximum Gasteiger partial charge on any atom is 0.339 e. The molecule has 25 heavy (non-hydrogen) atoms. The first-order valence-corrected chi connectivity index (χ1v) is 8.63. The van der Waals surface area contributed by atoms with E-state index in [1.54, 1.807) is 6.07 Å². The topological polar surface area (TPSA) is 47.6 Å². The van der Waals surface area contributed by atoms with Gasteiger partial charge in [0.25, 0.3) is 0 Å². The summed E-state index contributed by atoms with van der Waals surface area (Å²) in [6.45, 7) is 7.17. The summed E-state index contributed by atoms with van der Waals surface area (Å²) in [5.41, 5.74) is 4.39. The fourth-order valence-electron chi connectivity index (χ4n) is 2.65. The van der Waals surface area contributed by atoms with Crippen molar-refractivity contribution < 1.29 is 14.3 Å².